The third kappa shape index (κ3) is 5.34. The summed E-state index contributed by atoms with van der Waals surface area (Å²) in [6.45, 7) is 0. The number of nitro groups is 1. The Morgan fingerprint density at radius 1 is 0.727 bits per heavy atom. The number of benzene rings is 4. The molecule has 4 rings (SSSR count). The normalized spacial score (nSPS) is 11.4. The van der Waals surface area contributed by atoms with E-state index in [0.717, 1.165) is 22.8 Å². The van der Waals surface area contributed by atoms with Crippen LogP contribution >= 0.6 is 0 Å². The summed E-state index contributed by atoms with van der Waals surface area (Å²) >= 11 is 0. The van der Waals surface area contributed by atoms with E-state index in [1.165, 1.54) is 24.3 Å². The fraction of sp³-hybridized carbons (Fsp3) is 0. The van der Waals surface area contributed by atoms with Crippen molar-refractivity contribution in [1.82, 2.24) is 0 Å². The predicted octanol–water partition coefficient (Wildman–Crippen LogP) is 6.20. The SMILES string of the molecule is O=[N+]([O-])c1ccc(C=Cc2ccc(-c3ccccc3)cc2)c(S(=O)(=O)Oc2ccccc2)c1. The zero-order chi connectivity index (χ0) is 23.3. The quantitative estimate of drug-likeness (QED) is 0.143. The van der Waals surface area contributed by atoms with Gasteiger partial charge in [-0.15, -0.1) is 0 Å². The maximum absolute atomic E-state index is 12.9. The van der Waals surface area contributed by atoms with Gasteiger partial charge >= 0.3 is 10.1 Å². The number of non-ortho nitro benzene ring substituents is 1. The summed E-state index contributed by atoms with van der Waals surface area (Å²) in [6, 6.07) is 29.4. The monoisotopic (exact) mass is 457 g/mol. The Morgan fingerprint density at radius 3 is 1.97 bits per heavy atom. The van der Waals surface area contributed by atoms with Gasteiger partial charge in [-0.25, -0.2) is 0 Å². The molecule has 0 N–H and O–H groups in total. The molecule has 0 fully saturated rings. The standard InChI is InChI=1S/C26H19NO5S/c28-27(29)24-18-17-23(26(19-24)33(30,31)32-25-9-5-2-6-10-25)16-13-20-11-14-22(15-12-20)21-7-3-1-4-8-21/h1-19H. The lowest BCUT2D eigenvalue weighted by molar-refractivity contribution is -0.385. The Balaban J connectivity index is 1.66. The van der Waals surface area contributed by atoms with Gasteiger partial charge in [-0.1, -0.05) is 84.9 Å². The van der Waals surface area contributed by atoms with Gasteiger partial charge in [0.2, 0.25) is 0 Å². The van der Waals surface area contributed by atoms with Crippen LogP contribution in [0.15, 0.2) is 108 Å². The number of nitrogens with zero attached hydrogens (tertiary/aromatic N) is 1. The second kappa shape index (κ2) is 9.50. The molecule has 164 valence electrons. The van der Waals surface area contributed by atoms with Gasteiger partial charge in [0, 0.05) is 12.1 Å². The van der Waals surface area contributed by atoms with Crippen molar-refractivity contribution in [3.8, 4) is 16.9 Å². The van der Waals surface area contributed by atoms with Crippen molar-refractivity contribution >= 4 is 28.0 Å². The second-order valence-corrected chi connectivity index (χ2v) is 8.67. The van der Waals surface area contributed by atoms with Crippen LogP contribution in [0.5, 0.6) is 5.75 Å². The van der Waals surface area contributed by atoms with Crippen LogP contribution in [-0.4, -0.2) is 13.3 Å². The lowest BCUT2D eigenvalue weighted by Crippen LogP contribution is -2.11. The van der Waals surface area contributed by atoms with Crippen molar-refractivity contribution in [2.75, 3.05) is 0 Å². The zero-order valence-electron chi connectivity index (χ0n) is 17.4. The molecule has 0 amide bonds. The highest BCUT2D eigenvalue weighted by Crippen LogP contribution is 2.27. The number of hydrogen-bond acceptors (Lipinski definition) is 5. The van der Waals surface area contributed by atoms with Crippen LogP contribution in [0.4, 0.5) is 5.69 Å². The van der Waals surface area contributed by atoms with Gasteiger partial charge in [-0.2, -0.15) is 8.42 Å². The van der Waals surface area contributed by atoms with Crippen LogP contribution in [0, 0.1) is 10.1 Å². The van der Waals surface area contributed by atoms with Crippen LogP contribution in [0.1, 0.15) is 11.1 Å². The van der Waals surface area contributed by atoms with Crippen molar-refractivity contribution in [3.05, 3.63) is 124 Å². The summed E-state index contributed by atoms with van der Waals surface area (Å²) in [5, 5.41) is 11.2. The van der Waals surface area contributed by atoms with E-state index < -0.39 is 15.0 Å². The largest absolute Gasteiger partial charge is 0.379 e. The van der Waals surface area contributed by atoms with Gasteiger partial charge in [0.1, 0.15) is 10.6 Å². The van der Waals surface area contributed by atoms with E-state index in [-0.39, 0.29) is 21.9 Å². The smallest absolute Gasteiger partial charge is 0.340 e. The molecule has 0 unspecified atom stereocenters. The predicted molar refractivity (Wildman–Crippen MR) is 128 cm³/mol. The van der Waals surface area contributed by atoms with Crippen LogP contribution in [0.2, 0.25) is 0 Å². The summed E-state index contributed by atoms with van der Waals surface area (Å²) in [5.41, 5.74) is 2.94. The molecule has 0 heterocycles. The highest BCUT2D eigenvalue weighted by Gasteiger charge is 2.23. The molecule has 0 saturated carbocycles. The molecule has 0 radical (unpaired) electrons. The molecule has 4 aromatic rings. The third-order valence-electron chi connectivity index (χ3n) is 4.90. The van der Waals surface area contributed by atoms with E-state index in [2.05, 4.69) is 0 Å². The van der Waals surface area contributed by atoms with Crippen LogP contribution in [0.3, 0.4) is 0 Å². The Morgan fingerprint density at radius 2 is 1.33 bits per heavy atom. The first-order chi connectivity index (χ1) is 15.9. The molecule has 0 bridgehead atoms. The van der Waals surface area contributed by atoms with Gasteiger partial charge in [-0.05, 0) is 40.5 Å². The van der Waals surface area contributed by atoms with Gasteiger partial charge in [-0.3, -0.25) is 10.1 Å². The molecule has 7 heteroatoms. The molecule has 0 spiro atoms. The molecular weight excluding hydrogens is 438 g/mol. The number of hydrogen-bond donors (Lipinski definition) is 0. The topological polar surface area (TPSA) is 86.5 Å². The first kappa shape index (κ1) is 22.0. The molecule has 0 aromatic heterocycles. The molecule has 0 aliphatic carbocycles. The Labute approximate surface area is 191 Å². The van der Waals surface area contributed by atoms with Gasteiger partial charge in [0.05, 0.1) is 4.92 Å². The van der Waals surface area contributed by atoms with Crippen LogP contribution < -0.4 is 4.18 Å². The fourth-order valence-electron chi connectivity index (χ4n) is 3.24. The number of para-hydroxylation sites is 1. The maximum atomic E-state index is 12.9. The molecule has 4 aromatic carbocycles. The number of nitro benzene ring substituents is 1. The summed E-state index contributed by atoms with van der Waals surface area (Å²) < 4.78 is 31.1. The number of rotatable bonds is 7. The fourth-order valence-corrected chi connectivity index (χ4v) is 4.39. The summed E-state index contributed by atoms with van der Waals surface area (Å²) in [6.07, 6.45) is 3.35. The van der Waals surface area contributed by atoms with Crippen molar-refractivity contribution < 1.29 is 17.5 Å². The van der Waals surface area contributed by atoms with E-state index in [1.54, 1.807) is 30.4 Å². The molecule has 0 aliphatic rings. The van der Waals surface area contributed by atoms with E-state index >= 15 is 0 Å². The van der Waals surface area contributed by atoms with Crippen molar-refractivity contribution in [3.63, 3.8) is 0 Å². The minimum absolute atomic E-state index is 0.121. The maximum Gasteiger partial charge on any atom is 0.340 e. The molecule has 0 saturated heterocycles. The highest BCUT2D eigenvalue weighted by molar-refractivity contribution is 7.87. The molecule has 33 heavy (non-hydrogen) atoms. The molecule has 0 aliphatic heterocycles. The average molecular weight is 458 g/mol. The van der Waals surface area contributed by atoms with E-state index in [0.29, 0.717) is 0 Å². The van der Waals surface area contributed by atoms with E-state index in [4.69, 9.17) is 4.18 Å². The zero-order valence-corrected chi connectivity index (χ0v) is 18.2. The lowest BCUT2D eigenvalue weighted by atomic mass is 10.0. The van der Waals surface area contributed by atoms with Crippen molar-refractivity contribution in [1.29, 1.82) is 0 Å². The summed E-state index contributed by atoms with van der Waals surface area (Å²) in [5.74, 6) is 0.121. The lowest BCUT2D eigenvalue weighted by Gasteiger charge is -2.09. The average Bonchev–Trinajstić information content (AvgIpc) is 2.84. The van der Waals surface area contributed by atoms with E-state index in [9.17, 15) is 18.5 Å². The van der Waals surface area contributed by atoms with Gasteiger partial charge < -0.3 is 4.18 Å². The first-order valence-corrected chi connectivity index (χ1v) is 11.4. The van der Waals surface area contributed by atoms with Gasteiger partial charge in [0.15, 0.2) is 0 Å². The Hall–Kier alpha value is -4.23. The van der Waals surface area contributed by atoms with Crippen molar-refractivity contribution in [2.24, 2.45) is 0 Å². The van der Waals surface area contributed by atoms with Crippen molar-refractivity contribution in [2.45, 2.75) is 4.90 Å². The summed E-state index contributed by atoms with van der Waals surface area (Å²) in [4.78, 5) is 10.3. The molecular formula is C26H19NO5S. The Bertz CT molecular complexity index is 1400. The Kier molecular flexibility index (Phi) is 6.33. The second-order valence-electron chi connectivity index (χ2n) is 7.15. The van der Waals surface area contributed by atoms with Gasteiger partial charge in [0.25, 0.3) is 5.69 Å². The highest BCUT2D eigenvalue weighted by atomic mass is 32.2. The van der Waals surface area contributed by atoms with Crippen LogP contribution in [0.25, 0.3) is 23.3 Å². The molecule has 0 atom stereocenters. The van der Waals surface area contributed by atoms with E-state index in [1.807, 2.05) is 54.6 Å². The first-order valence-electron chi connectivity index (χ1n) is 10.0. The molecule has 6 nitrogen and oxygen atoms in total. The minimum Gasteiger partial charge on any atom is -0.379 e. The summed E-state index contributed by atoms with van der Waals surface area (Å²) in [7, 11) is -4.30. The van der Waals surface area contributed by atoms with Crippen LogP contribution in [-0.2, 0) is 10.1 Å². The third-order valence-corrected chi connectivity index (χ3v) is 6.20. The minimum atomic E-state index is -4.30.